The van der Waals surface area contributed by atoms with E-state index in [1.807, 2.05) is 0 Å². The van der Waals surface area contributed by atoms with Crippen LogP contribution in [-0.4, -0.2) is 42.2 Å². The zero-order chi connectivity index (χ0) is 16.1. The molecule has 1 unspecified atom stereocenters. The van der Waals surface area contributed by atoms with E-state index in [9.17, 15) is 9.90 Å². The van der Waals surface area contributed by atoms with Crippen molar-refractivity contribution in [2.75, 3.05) is 26.2 Å². The van der Waals surface area contributed by atoms with Gasteiger partial charge in [0.2, 0.25) is 5.91 Å². The maximum atomic E-state index is 12.3. The highest BCUT2D eigenvalue weighted by Gasteiger charge is 2.22. The van der Waals surface area contributed by atoms with Crippen molar-refractivity contribution in [2.45, 2.75) is 44.6 Å². The molecule has 1 saturated heterocycles. The van der Waals surface area contributed by atoms with Gasteiger partial charge in [0.1, 0.15) is 0 Å². The summed E-state index contributed by atoms with van der Waals surface area (Å²) in [6.45, 7) is 3.14. The third-order valence-corrected chi connectivity index (χ3v) is 5.33. The SMILES string of the molecule is O=C(CCN1CCC(CO)CC1)NC1CCCc2ccccc21. The Bertz CT molecular complexity index is 524. The third kappa shape index (κ3) is 4.33. The Labute approximate surface area is 138 Å². The second-order valence-electron chi connectivity index (χ2n) is 6.93. The van der Waals surface area contributed by atoms with Crippen LogP contribution in [0.3, 0.4) is 0 Å². The van der Waals surface area contributed by atoms with E-state index in [0.717, 1.165) is 51.7 Å². The number of hydrogen-bond donors (Lipinski definition) is 2. The molecular weight excluding hydrogens is 288 g/mol. The fraction of sp³-hybridized carbons (Fsp3) is 0.632. The number of piperidine rings is 1. The smallest absolute Gasteiger partial charge is 0.221 e. The minimum atomic E-state index is 0.163. The van der Waals surface area contributed by atoms with Crippen LogP contribution in [0.5, 0.6) is 0 Å². The Hall–Kier alpha value is -1.39. The zero-order valence-electron chi connectivity index (χ0n) is 13.8. The summed E-state index contributed by atoms with van der Waals surface area (Å²) < 4.78 is 0. The van der Waals surface area contributed by atoms with Gasteiger partial charge in [0, 0.05) is 19.6 Å². The molecule has 1 fully saturated rings. The Morgan fingerprint density at radius 2 is 2.00 bits per heavy atom. The molecule has 0 radical (unpaired) electrons. The highest BCUT2D eigenvalue weighted by Crippen LogP contribution is 2.29. The topological polar surface area (TPSA) is 52.6 Å². The molecule has 126 valence electrons. The van der Waals surface area contributed by atoms with E-state index < -0.39 is 0 Å². The molecule has 0 aromatic heterocycles. The maximum Gasteiger partial charge on any atom is 0.221 e. The predicted octanol–water partition coefficient (Wildman–Crippen LogP) is 2.27. The Balaban J connectivity index is 1.45. The number of amides is 1. The van der Waals surface area contributed by atoms with Crippen molar-refractivity contribution in [3.05, 3.63) is 35.4 Å². The number of aliphatic hydroxyl groups excluding tert-OH is 1. The number of benzene rings is 1. The van der Waals surface area contributed by atoms with Gasteiger partial charge in [0.05, 0.1) is 6.04 Å². The summed E-state index contributed by atoms with van der Waals surface area (Å²) in [5.74, 6) is 0.620. The summed E-state index contributed by atoms with van der Waals surface area (Å²) in [7, 11) is 0. The lowest BCUT2D eigenvalue weighted by atomic mass is 9.87. The number of hydrogen-bond acceptors (Lipinski definition) is 3. The van der Waals surface area contributed by atoms with Gasteiger partial charge < -0.3 is 15.3 Å². The van der Waals surface area contributed by atoms with E-state index in [1.54, 1.807) is 0 Å². The molecular formula is C19H28N2O2. The molecule has 4 nitrogen and oxygen atoms in total. The van der Waals surface area contributed by atoms with Gasteiger partial charge in [-0.05, 0) is 62.2 Å². The fourth-order valence-corrected chi connectivity index (χ4v) is 3.82. The molecule has 1 aliphatic heterocycles. The van der Waals surface area contributed by atoms with Crippen molar-refractivity contribution in [3.8, 4) is 0 Å². The van der Waals surface area contributed by atoms with Gasteiger partial charge in [-0.2, -0.15) is 0 Å². The number of carbonyl (C=O) groups excluding carboxylic acids is 1. The van der Waals surface area contributed by atoms with E-state index in [4.69, 9.17) is 0 Å². The first-order chi connectivity index (χ1) is 11.3. The second kappa shape index (κ2) is 7.93. The number of rotatable bonds is 5. The van der Waals surface area contributed by atoms with Gasteiger partial charge in [0.25, 0.3) is 0 Å². The van der Waals surface area contributed by atoms with Crippen molar-refractivity contribution in [2.24, 2.45) is 5.92 Å². The molecule has 4 heteroatoms. The van der Waals surface area contributed by atoms with Crippen LogP contribution in [0, 0.1) is 5.92 Å². The average molecular weight is 316 g/mol. The number of aliphatic hydroxyl groups is 1. The van der Waals surface area contributed by atoms with Gasteiger partial charge in [-0.15, -0.1) is 0 Å². The number of likely N-dealkylation sites (tertiary alicyclic amines) is 1. The number of nitrogens with one attached hydrogen (secondary N) is 1. The summed E-state index contributed by atoms with van der Waals surface area (Å²) in [5, 5.41) is 12.4. The molecule has 1 aliphatic carbocycles. The summed E-state index contributed by atoms with van der Waals surface area (Å²) in [4.78, 5) is 14.7. The van der Waals surface area contributed by atoms with Crippen LogP contribution in [0.4, 0.5) is 0 Å². The maximum absolute atomic E-state index is 12.3. The standard InChI is InChI=1S/C19H28N2O2/c22-14-15-8-11-21(12-9-15)13-10-19(23)20-18-7-3-5-16-4-1-2-6-17(16)18/h1-2,4,6,15,18,22H,3,5,7-14H2,(H,20,23). The van der Waals surface area contributed by atoms with Gasteiger partial charge in [-0.3, -0.25) is 4.79 Å². The Morgan fingerprint density at radius 3 is 2.78 bits per heavy atom. The van der Waals surface area contributed by atoms with Gasteiger partial charge in [0.15, 0.2) is 0 Å². The molecule has 0 spiro atoms. The van der Waals surface area contributed by atoms with Crippen LogP contribution in [-0.2, 0) is 11.2 Å². The minimum Gasteiger partial charge on any atom is -0.396 e. The molecule has 1 aromatic rings. The first kappa shape index (κ1) is 16.5. The van der Waals surface area contributed by atoms with Crippen LogP contribution in [0.1, 0.15) is 49.3 Å². The molecule has 0 bridgehead atoms. The average Bonchev–Trinajstić information content (AvgIpc) is 2.61. The Kier molecular flexibility index (Phi) is 5.68. The van der Waals surface area contributed by atoms with E-state index >= 15 is 0 Å². The van der Waals surface area contributed by atoms with Gasteiger partial charge in [-0.25, -0.2) is 0 Å². The molecule has 2 N–H and O–H groups in total. The summed E-state index contributed by atoms with van der Waals surface area (Å²) in [6, 6.07) is 8.67. The highest BCUT2D eigenvalue weighted by molar-refractivity contribution is 5.76. The van der Waals surface area contributed by atoms with E-state index in [1.165, 1.54) is 11.1 Å². The normalized spacial score (nSPS) is 22.6. The van der Waals surface area contributed by atoms with Crippen LogP contribution in [0.2, 0.25) is 0 Å². The molecule has 0 saturated carbocycles. The van der Waals surface area contributed by atoms with Crippen molar-refractivity contribution >= 4 is 5.91 Å². The van der Waals surface area contributed by atoms with E-state index in [2.05, 4.69) is 34.5 Å². The molecule has 1 atom stereocenters. The van der Waals surface area contributed by atoms with Gasteiger partial charge in [-0.1, -0.05) is 24.3 Å². The van der Waals surface area contributed by atoms with Crippen LogP contribution in [0.15, 0.2) is 24.3 Å². The molecule has 2 aliphatic rings. The first-order valence-corrected chi connectivity index (χ1v) is 8.96. The minimum absolute atomic E-state index is 0.163. The molecule has 1 heterocycles. The molecule has 3 rings (SSSR count). The lowest BCUT2D eigenvalue weighted by molar-refractivity contribution is -0.122. The number of carbonyl (C=O) groups is 1. The molecule has 1 amide bonds. The lowest BCUT2D eigenvalue weighted by Crippen LogP contribution is -2.38. The largest absolute Gasteiger partial charge is 0.396 e. The van der Waals surface area contributed by atoms with Crippen molar-refractivity contribution < 1.29 is 9.90 Å². The predicted molar refractivity (Wildman–Crippen MR) is 91.1 cm³/mol. The fourth-order valence-electron chi connectivity index (χ4n) is 3.82. The number of fused-ring (bicyclic) bond motifs is 1. The van der Waals surface area contributed by atoms with Crippen molar-refractivity contribution in [3.63, 3.8) is 0 Å². The van der Waals surface area contributed by atoms with E-state index in [0.29, 0.717) is 18.9 Å². The van der Waals surface area contributed by atoms with Crippen molar-refractivity contribution in [1.29, 1.82) is 0 Å². The lowest BCUT2D eigenvalue weighted by Gasteiger charge is -2.31. The summed E-state index contributed by atoms with van der Waals surface area (Å²) >= 11 is 0. The van der Waals surface area contributed by atoms with Gasteiger partial charge >= 0.3 is 0 Å². The second-order valence-corrected chi connectivity index (χ2v) is 6.93. The van der Waals surface area contributed by atoms with Crippen LogP contribution in [0.25, 0.3) is 0 Å². The molecule has 23 heavy (non-hydrogen) atoms. The Morgan fingerprint density at radius 1 is 1.22 bits per heavy atom. The summed E-state index contributed by atoms with van der Waals surface area (Å²) in [5.41, 5.74) is 2.69. The molecule has 1 aromatic carbocycles. The first-order valence-electron chi connectivity index (χ1n) is 8.96. The highest BCUT2D eigenvalue weighted by atomic mass is 16.3. The van der Waals surface area contributed by atoms with E-state index in [-0.39, 0.29) is 11.9 Å². The van der Waals surface area contributed by atoms with Crippen molar-refractivity contribution in [1.82, 2.24) is 10.2 Å². The quantitative estimate of drug-likeness (QED) is 0.876. The monoisotopic (exact) mass is 316 g/mol. The third-order valence-electron chi connectivity index (χ3n) is 5.33. The number of nitrogens with zero attached hydrogens (tertiary/aromatic N) is 1. The van der Waals surface area contributed by atoms with Crippen LogP contribution < -0.4 is 5.32 Å². The number of aryl methyl sites for hydroxylation is 1. The zero-order valence-corrected chi connectivity index (χ0v) is 13.8. The van der Waals surface area contributed by atoms with Crippen LogP contribution >= 0.6 is 0 Å². The summed E-state index contributed by atoms with van der Waals surface area (Å²) in [6.07, 6.45) is 5.99.